The highest BCUT2D eigenvalue weighted by Crippen LogP contribution is 2.67. The third kappa shape index (κ3) is 2.40. The molecule has 0 bridgehead atoms. The van der Waals surface area contributed by atoms with Crippen molar-refractivity contribution in [3.05, 3.63) is 36.2 Å². The molecule has 1 N–H and O–H groups in total. The predicted molar refractivity (Wildman–Crippen MR) is 83.8 cm³/mol. The summed E-state index contributed by atoms with van der Waals surface area (Å²) in [5, 5.41) is 17.7. The van der Waals surface area contributed by atoms with E-state index in [9.17, 15) is 9.90 Å². The number of fused-ring (bicyclic) bond motifs is 1. The Hall–Kier alpha value is -2.57. The first-order chi connectivity index (χ1) is 11.6. The van der Waals surface area contributed by atoms with Crippen LogP contribution in [-0.4, -0.2) is 33.2 Å². The van der Waals surface area contributed by atoms with Gasteiger partial charge in [0.1, 0.15) is 23.8 Å². The maximum atomic E-state index is 11.4. The van der Waals surface area contributed by atoms with Crippen molar-refractivity contribution >= 4 is 5.97 Å². The first-order valence-corrected chi connectivity index (χ1v) is 8.03. The molecule has 2 aliphatic rings. The summed E-state index contributed by atoms with van der Waals surface area (Å²) < 4.78 is 12.7. The van der Waals surface area contributed by atoms with Gasteiger partial charge >= 0.3 is 5.97 Å². The fraction of sp³-hybridized carbons (Fsp3) is 0.471. The molecule has 4 rings (SSSR count). The maximum absolute atomic E-state index is 11.4. The van der Waals surface area contributed by atoms with E-state index in [4.69, 9.17) is 9.47 Å². The summed E-state index contributed by atoms with van der Waals surface area (Å²) in [4.78, 5) is 11.4. The number of benzene rings is 1. The fourth-order valence-electron chi connectivity index (χ4n) is 3.79. The van der Waals surface area contributed by atoms with E-state index in [1.807, 2.05) is 35.1 Å². The van der Waals surface area contributed by atoms with Gasteiger partial charge in [0.25, 0.3) is 0 Å². The number of hydrogen-bond donors (Lipinski definition) is 1. The van der Waals surface area contributed by atoms with Crippen molar-refractivity contribution in [1.82, 2.24) is 15.0 Å². The molecule has 0 aliphatic heterocycles. The van der Waals surface area contributed by atoms with Crippen molar-refractivity contribution in [2.24, 2.45) is 11.3 Å². The van der Waals surface area contributed by atoms with Gasteiger partial charge in [-0.1, -0.05) is 11.3 Å². The lowest BCUT2D eigenvalue weighted by Gasteiger charge is -2.10. The van der Waals surface area contributed by atoms with Crippen molar-refractivity contribution in [3.63, 3.8) is 0 Å². The normalized spacial score (nSPS) is 27.5. The van der Waals surface area contributed by atoms with Gasteiger partial charge in [0.2, 0.25) is 0 Å². The fourth-order valence-corrected chi connectivity index (χ4v) is 3.79. The topological polar surface area (TPSA) is 86.5 Å². The second-order valence-corrected chi connectivity index (χ2v) is 6.54. The summed E-state index contributed by atoms with van der Waals surface area (Å²) in [6.07, 6.45) is 4.19. The van der Waals surface area contributed by atoms with Crippen LogP contribution in [0.3, 0.4) is 0 Å². The highest BCUT2D eigenvalue weighted by Gasteiger charge is 2.67. The Morgan fingerprint density at radius 2 is 2.29 bits per heavy atom. The number of aliphatic carboxylic acids is 1. The van der Waals surface area contributed by atoms with E-state index < -0.39 is 11.4 Å². The van der Waals surface area contributed by atoms with Crippen molar-refractivity contribution in [2.75, 3.05) is 7.11 Å². The molecular formula is C17H19N3O4. The van der Waals surface area contributed by atoms with Crippen LogP contribution in [0.25, 0.3) is 0 Å². The van der Waals surface area contributed by atoms with Crippen LogP contribution in [0.1, 0.15) is 31.0 Å². The molecule has 0 spiro atoms. The Kier molecular flexibility index (Phi) is 3.44. The molecule has 2 fully saturated rings. The Balaban J connectivity index is 1.40. The summed E-state index contributed by atoms with van der Waals surface area (Å²) in [6, 6.07) is 7.52. The zero-order chi connectivity index (χ0) is 16.7. The van der Waals surface area contributed by atoms with Gasteiger partial charge in [-0.05, 0) is 37.3 Å². The molecule has 0 radical (unpaired) electrons. The highest BCUT2D eigenvalue weighted by atomic mass is 16.5. The van der Waals surface area contributed by atoms with E-state index in [-0.39, 0.29) is 12.0 Å². The molecule has 0 amide bonds. The van der Waals surface area contributed by atoms with Crippen molar-refractivity contribution in [3.8, 4) is 11.5 Å². The molecule has 1 aromatic carbocycles. The third-order valence-corrected chi connectivity index (χ3v) is 5.24. The Morgan fingerprint density at radius 3 is 3.00 bits per heavy atom. The lowest BCUT2D eigenvalue weighted by Crippen LogP contribution is -2.14. The summed E-state index contributed by atoms with van der Waals surface area (Å²) in [7, 11) is 1.61. The lowest BCUT2D eigenvalue weighted by atomic mass is 10.1. The van der Waals surface area contributed by atoms with E-state index in [0.29, 0.717) is 12.4 Å². The second-order valence-electron chi connectivity index (χ2n) is 6.54. The minimum atomic E-state index is -0.670. The average molecular weight is 329 g/mol. The van der Waals surface area contributed by atoms with Gasteiger partial charge < -0.3 is 14.6 Å². The van der Waals surface area contributed by atoms with Crippen LogP contribution in [0, 0.1) is 11.3 Å². The predicted octanol–water partition coefficient (Wildman–Crippen LogP) is 2.29. The average Bonchev–Trinajstić information content (AvgIpc) is 2.97. The molecule has 3 atom stereocenters. The highest BCUT2D eigenvalue weighted by molar-refractivity contribution is 5.79. The van der Waals surface area contributed by atoms with Gasteiger partial charge in [-0.15, -0.1) is 5.10 Å². The second kappa shape index (κ2) is 5.51. The first-order valence-electron chi connectivity index (χ1n) is 8.03. The van der Waals surface area contributed by atoms with Gasteiger partial charge in [0.15, 0.2) is 0 Å². The number of methoxy groups -OCH3 is 1. The largest absolute Gasteiger partial charge is 0.497 e. The Morgan fingerprint density at radius 1 is 1.46 bits per heavy atom. The summed E-state index contributed by atoms with van der Waals surface area (Å²) >= 11 is 0. The molecule has 1 heterocycles. The summed E-state index contributed by atoms with van der Waals surface area (Å²) in [5.74, 6) is 0.957. The van der Waals surface area contributed by atoms with E-state index in [2.05, 4.69) is 10.3 Å². The number of aromatic nitrogens is 3. The number of carboxylic acids is 1. The monoisotopic (exact) mass is 329 g/mol. The van der Waals surface area contributed by atoms with Gasteiger partial charge in [-0.2, -0.15) is 0 Å². The molecule has 1 aromatic heterocycles. The molecule has 2 aliphatic carbocycles. The SMILES string of the molecule is COc1cccc(OCc2cn([C@@H]3CC[C@@]4(C(=O)O)C[C@@H]34)nn2)c1. The van der Waals surface area contributed by atoms with E-state index in [0.717, 1.165) is 30.7 Å². The van der Waals surface area contributed by atoms with Crippen molar-refractivity contribution in [2.45, 2.75) is 31.9 Å². The maximum Gasteiger partial charge on any atom is 0.310 e. The van der Waals surface area contributed by atoms with Crippen LogP contribution in [0.4, 0.5) is 0 Å². The smallest absolute Gasteiger partial charge is 0.310 e. The van der Waals surface area contributed by atoms with Gasteiger partial charge in [-0.25, -0.2) is 4.68 Å². The van der Waals surface area contributed by atoms with Gasteiger partial charge in [0.05, 0.1) is 24.8 Å². The van der Waals surface area contributed by atoms with Crippen LogP contribution < -0.4 is 9.47 Å². The Labute approximate surface area is 139 Å². The number of ether oxygens (including phenoxy) is 2. The van der Waals surface area contributed by atoms with Crippen LogP contribution in [0.15, 0.2) is 30.5 Å². The van der Waals surface area contributed by atoms with Gasteiger partial charge in [-0.3, -0.25) is 4.79 Å². The van der Waals surface area contributed by atoms with Crippen LogP contribution in [0.2, 0.25) is 0 Å². The minimum Gasteiger partial charge on any atom is -0.497 e. The Bertz CT molecular complexity index is 775. The van der Waals surface area contributed by atoms with Crippen molar-refractivity contribution in [1.29, 1.82) is 0 Å². The van der Waals surface area contributed by atoms with E-state index in [1.165, 1.54) is 0 Å². The molecule has 24 heavy (non-hydrogen) atoms. The van der Waals surface area contributed by atoms with Crippen LogP contribution in [0.5, 0.6) is 11.5 Å². The minimum absolute atomic E-state index is 0.138. The standard InChI is InChI=1S/C17H19N3O4/c1-23-12-3-2-4-13(7-12)24-10-11-9-20(19-18-11)15-5-6-17(16(21)22)8-14(15)17/h2-4,7,9,14-15H,5-6,8,10H2,1H3,(H,21,22)/t14-,15+,17+/m0/s1. The van der Waals surface area contributed by atoms with Crippen molar-refractivity contribution < 1.29 is 19.4 Å². The van der Waals surface area contributed by atoms with Gasteiger partial charge in [0, 0.05) is 6.07 Å². The zero-order valence-electron chi connectivity index (χ0n) is 13.4. The molecule has 0 unspecified atom stereocenters. The molecule has 2 aromatic rings. The van der Waals surface area contributed by atoms with Crippen LogP contribution >= 0.6 is 0 Å². The third-order valence-electron chi connectivity index (χ3n) is 5.24. The number of nitrogens with zero attached hydrogens (tertiary/aromatic N) is 3. The molecule has 2 saturated carbocycles. The lowest BCUT2D eigenvalue weighted by molar-refractivity contribution is -0.143. The number of carbonyl (C=O) groups is 1. The quantitative estimate of drug-likeness (QED) is 0.875. The van der Waals surface area contributed by atoms with E-state index >= 15 is 0 Å². The number of rotatable bonds is 6. The summed E-state index contributed by atoms with van der Waals surface area (Å²) in [6.45, 7) is 0.314. The molecule has 0 saturated heterocycles. The van der Waals surface area contributed by atoms with E-state index in [1.54, 1.807) is 7.11 Å². The molecule has 126 valence electrons. The van der Waals surface area contributed by atoms with Crippen LogP contribution in [-0.2, 0) is 11.4 Å². The first kappa shape index (κ1) is 15.0. The molecular weight excluding hydrogens is 310 g/mol. The number of carboxylic acid groups (broad SMARTS) is 1. The summed E-state index contributed by atoms with van der Waals surface area (Å²) in [5.41, 5.74) is 0.222. The zero-order valence-corrected chi connectivity index (χ0v) is 13.4. The molecule has 7 heteroatoms. The number of hydrogen-bond acceptors (Lipinski definition) is 5. The molecule has 7 nitrogen and oxygen atoms in total.